The molecule has 0 fully saturated rings. The monoisotopic (exact) mass is 320 g/mol. The molecule has 1 aliphatic heterocycles. The molecule has 0 spiro atoms. The van der Waals surface area contributed by atoms with Gasteiger partial charge in [-0.15, -0.1) is 0 Å². The molecular formula is C18H19F3N2. The molecule has 122 valence electrons. The van der Waals surface area contributed by atoms with E-state index in [9.17, 15) is 13.2 Å². The number of benzene rings is 2. The Morgan fingerprint density at radius 3 is 2.52 bits per heavy atom. The topological polar surface area (TPSA) is 15.3 Å². The fourth-order valence-corrected chi connectivity index (χ4v) is 3.11. The van der Waals surface area contributed by atoms with Crippen LogP contribution >= 0.6 is 0 Å². The fraction of sp³-hybridized carbons (Fsp3) is 0.333. The fourth-order valence-electron chi connectivity index (χ4n) is 3.11. The van der Waals surface area contributed by atoms with Crippen molar-refractivity contribution >= 4 is 5.69 Å². The molecule has 0 saturated carbocycles. The molecule has 0 radical (unpaired) electrons. The summed E-state index contributed by atoms with van der Waals surface area (Å²) in [5, 5.41) is 3.22. The molecule has 3 rings (SSSR count). The maximum Gasteiger partial charge on any atom is 0.416 e. The molecule has 0 saturated heterocycles. The predicted molar refractivity (Wildman–Crippen MR) is 85.2 cm³/mol. The maximum atomic E-state index is 13.1. The van der Waals surface area contributed by atoms with Gasteiger partial charge in [-0.1, -0.05) is 36.4 Å². The predicted octanol–water partition coefficient (Wildman–Crippen LogP) is 4.20. The summed E-state index contributed by atoms with van der Waals surface area (Å²) in [7, 11) is 1.85. The molecule has 1 aliphatic rings. The van der Waals surface area contributed by atoms with Crippen LogP contribution in [0.4, 0.5) is 18.9 Å². The number of rotatable bonds is 3. The highest BCUT2D eigenvalue weighted by atomic mass is 19.4. The third-order valence-electron chi connectivity index (χ3n) is 4.31. The Morgan fingerprint density at radius 1 is 1.13 bits per heavy atom. The zero-order valence-electron chi connectivity index (χ0n) is 12.9. The normalized spacial score (nSPS) is 17.9. The summed E-state index contributed by atoms with van der Waals surface area (Å²) in [4.78, 5) is 2.03. The smallest absolute Gasteiger partial charge is 0.351 e. The zero-order valence-corrected chi connectivity index (χ0v) is 12.9. The lowest BCUT2D eigenvalue weighted by atomic mass is 9.96. The van der Waals surface area contributed by atoms with Crippen molar-refractivity contribution in [1.82, 2.24) is 5.32 Å². The maximum absolute atomic E-state index is 13.1. The van der Waals surface area contributed by atoms with E-state index < -0.39 is 11.7 Å². The molecule has 1 atom stereocenters. The van der Waals surface area contributed by atoms with Gasteiger partial charge in [0.1, 0.15) is 0 Å². The molecule has 23 heavy (non-hydrogen) atoms. The van der Waals surface area contributed by atoms with Crippen molar-refractivity contribution in [2.24, 2.45) is 0 Å². The van der Waals surface area contributed by atoms with E-state index in [1.807, 2.05) is 42.3 Å². The van der Waals surface area contributed by atoms with Crippen LogP contribution in [0.2, 0.25) is 0 Å². The van der Waals surface area contributed by atoms with Gasteiger partial charge in [-0.05, 0) is 43.1 Å². The SMILES string of the molecule is CNC1CCc2ccc(C(F)(F)F)cc2N1Cc1ccccc1. The van der Waals surface area contributed by atoms with Crippen LogP contribution in [0.3, 0.4) is 0 Å². The zero-order chi connectivity index (χ0) is 16.4. The average molecular weight is 320 g/mol. The van der Waals surface area contributed by atoms with Crippen LogP contribution in [0.5, 0.6) is 0 Å². The molecule has 1 N–H and O–H groups in total. The largest absolute Gasteiger partial charge is 0.416 e. The minimum atomic E-state index is -4.32. The van der Waals surface area contributed by atoms with Crippen molar-refractivity contribution in [2.75, 3.05) is 11.9 Å². The van der Waals surface area contributed by atoms with Gasteiger partial charge in [0.15, 0.2) is 0 Å². The second kappa shape index (κ2) is 6.24. The first-order valence-corrected chi connectivity index (χ1v) is 7.67. The molecule has 1 unspecified atom stereocenters. The number of fused-ring (bicyclic) bond motifs is 1. The van der Waals surface area contributed by atoms with E-state index >= 15 is 0 Å². The molecule has 2 nitrogen and oxygen atoms in total. The van der Waals surface area contributed by atoms with E-state index in [0.717, 1.165) is 24.0 Å². The average Bonchev–Trinajstić information content (AvgIpc) is 2.55. The van der Waals surface area contributed by atoms with Gasteiger partial charge < -0.3 is 10.2 Å². The van der Waals surface area contributed by atoms with Gasteiger partial charge in [-0.25, -0.2) is 0 Å². The molecule has 0 aromatic heterocycles. The molecule has 0 amide bonds. The number of halogens is 3. The third-order valence-corrected chi connectivity index (χ3v) is 4.31. The summed E-state index contributed by atoms with van der Waals surface area (Å²) in [6.45, 7) is 0.584. The molecular weight excluding hydrogens is 301 g/mol. The standard InChI is InChI=1S/C18H19F3N2/c1-22-17-10-8-14-7-9-15(18(19,20)21)11-16(14)23(17)12-13-5-3-2-4-6-13/h2-7,9,11,17,22H,8,10,12H2,1H3. The van der Waals surface area contributed by atoms with Gasteiger partial charge in [-0.3, -0.25) is 0 Å². The van der Waals surface area contributed by atoms with E-state index in [1.165, 1.54) is 12.1 Å². The van der Waals surface area contributed by atoms with Crippen LogP contribution in [0.15, 0.2) is 48.5 Å². The summed E-state index contributed by atoms with van der Waals surface area (Å²) in [5.41, 5.74) is 2.14. The third kappa shape index (κ3) is 3.34. The van der Waals surface area contributed by atoms with E-state index in [1.54, 1.807) is 6.07 Å². The van der Waals surface area contributed by atoms with E-state index in [4.69, 9.17) is 0 Å². The van der Waals surface area contributed by atoms with Crippen LogP contribution in [-0.4, -0.2) is 13.2 Å². The molecule has 2 aromatic rings. The summed E-state index contributed by atoms with van der Waals surface area (Å²) in [6.07, 6.45) is -2.63. The minimum absolute atomic E-state index is 0.0335. The minimum Gasteiger partial charge on any atom is -0.351 e. The first-order chi connectivity index (χ1) is 11.0. The highest BCUT2D eigenvalue weighted by Crippen LogP contribution is 2.37. The molecule has 0 bridgehead atoms. The van der Waals surface area contributed by atoms with Crippen LogP contribution in [0.1, 0.15) is 23.1 Å². The van der Waals surface area contributed by atoms with Gasteiger partial charge in [0, 0.05) is 12.2 Å². The van der Waals surface area contributed by atoms with Crippen molar-refractivity contribution in [3.8, 4) is 0 Å². The number of aryl methyl sites for hydroxylation is 1. The number of nitrogens with zero attached hydrogens (tertiary/aromatic N) is 1. The Kier molecular flexibility index (Phi) is 4.31. The Bertz CT molecular complexity index is 668. The summed E-state index contributed by atoms with van der Waals surface area (Å²) in [5.74, 6) is 0. The lowest BCUT2D eigenvalue weighted by Gasteiger charge is -2.39. The number of anilines is 1. The van der Waals surface area contributed by atoms with Crippen molar-refractivity contribution in [2.45, 2.75) is 31.7 Å². The van der Waals surface area contributed by atoms with Crippen molar-refractivity contribution in [3.63, 3.8) is 0 Å². The van der Waals surface area contributed by atoms with Crippen LogP contribution in [0.25, 0.3) is 0 Å². The second-order valence-corrected chi connectivity index (χ2v) is 5.80. The summed E-state index contributed by atoms with van der Waals surface area (Å²) < 4.78 is 39.2. The Morgan fingerprint density at radius 2 is 1.87 bits per heavy atom. The van der Waals surface area contributed by atoms with E-state index in [0.29, 0.717) is 12.2 Å². The summed E-state index contributed by atoms with van der Waals surface area (Å²) >= 11 is 0. The molecule has 2 aromatic carbocycles. The highest BCUT2D eigenvalue weighted by Gasteiger charge is 2.33. The van der Waals surface area contributed by atoms with Gasteiger partial charge in [0.05, 0.1) is 11.7 Å². The van der Waals surface area contributed by atoms with Crippen LogP contribution in [0, 0.1) is 0 Å². The second-order valence-electron chi connectivity index (χ2n) is 5.80. The van der Waals surface area contributed by atoms with Crippen LogP contribution < -0.4 is 10.2 Å². The van der Waals surface area contributed by atoms with Gasteiger partial charge in [-0.2, -0.15) is 13.2 Å². The highest BCUT2D eigenvalue weighted by molar-refractivity contribution is 5.59. The Labute approximate surface area is 133 Å². The first-order valence-electron chi connectivity index (χ1n) is 7.67. The van der Waals surface area contributed by atoms with E-state index in [-0.39, 0.29) is 6.17 Å². The Balaban J connectivity index is 2.00. The molecule has 0 aliphatic carbocycles. The van der Waals surface area contributed by atoms with Crippen LogP contribution in [-0.2, 0) is 19.1 Å². The lowest BCUT2D eigenvalue weighted by molar-refractivity contribution is -0.137. The van der Waals surface area contributed by atoms with Gasteiger partial charge in [0.25, 0.3) is 0 Å². The molecule has 5 heteroatoms. The number of nitrogens with one attached hydrogen (secondary N) is 1. The van der Waals surface area contributed by atoms with E-state index in [2.05, 4.69) is 5.32 Å². The van der Waals surface area contributed by atoms with Crippen molar-refractivity contribution in [1.29, 1.82) is 0 Å². The summed E-state index contributed by atoms with van der Waals surface area (Å²) in [6, 6.07) is 13.9. The van der Waals surface area contributed by atoms with Gasteiger partial charge >= 0.3 is 6.18 Å². The lowest BCUT2D eigenvalue weighted by Crippen LogP contribution is -2.47. The number of hydrogen-bond acceptors (Lipinski definition) is 2. The number of hydrogen-bond donors (Lipinski definition) is 1. The van der Waals surface area contributed by atoms with Crippen molar-refractivity contribution < 1.29 is 13.2 Å². The Hall–Kier alpha value is -2.01. The quantitative estimate of drug-likeness (QED) is 0.911. The van der Waals surface area contributed by atoms with Gasteiger partial charge in [0.2, 0.25) is 0 Å². The molecule has 1 heterocycles. The first kappa shape index (κ1) is 15.9. The van der Waals surface area contributed by atoms with Crippen molar-refractivity contribution in [3.05, 3.63) is 65.2 Å². The number of alkyl halides is 3.